The number of piperidine rings is 1. The van der Waals surface area contributed by atoms with Crippen molar-refractivity contribution < 1.29 is 0 Å². The summed E-state index contributed by atoms with van der Waals surface area (Å²) >= 11 is 0. The highest BCUT2D eigenvalue weighted by Crippen LogP contribution is 2.22. The molecule has 0 bridgehead atoms. The molecule has 6 nitrogen and oxygen atoms in total. The van der Waals surface area contributed by atoms with Crippen molar-refractivity contribution in [3.05, 3.63) is 74.4 Å². The van der Waals surface area contributed by atoms with Crippen LogP contribution in [0, 0.1) is 6.92 Å². The molecule has 0 atom stereocenters. The van der Waals surface area contributed by atoms with E-state index >= 15 is 0 Å². The van der Waals surface area contributed by atoms with E-state index in [0.29, 0.717) is 10.9 Å². The summed E-state index contributed by atoms with van der Waals surface area (Å²) in [7, 11) is 0. The number of nitrogens with zero attached hydrogens (tertiary/aromatic N) is 3. The van der Waals surface area contributed by atoms with E-state index in [1.54, 1.807) is 30.5 Å². The Labute approximate surface area is 156 Å². The third-order valence-corrected chi connectivity index (χ3v) is 5.07. The predicted octanol–water partition coefficient (Wildman–Crippen LogP) is 2.87. The molecular formula is C21H22N4O2. The molecule has 4 rings (SSSR count). The molecule has 0 spiro atoms. The van der Waals surface area contributed by atoms with Gasteiger partial charge in [-0.1, -0.05) is 18.2 Å². The molecular weight excluding hydrogens is 340 g/mol. The van der Waals surface area contributed by atoms with Crippen LogP contribution in [0.15, 0.2) is 57.2 Å². The zero-order chi connectivity index (χ0) is 18.8. The van der Waals surface area contributed by atoms with Crippen molar-refractivity contribution in [2.24, 2.45) is 5.10 Å². The number of H-pyrrole nitrogens is 1. The van der Waals surface area contributed by atoms with Crippen LogP contribution < -0.4 is 16.1 Å². The second-order valence-corrected chi connectivity index (χ2v) is 6.93. The van der Waals surface area contributed by atoms with Crippen LogP contribution in [-0.4, -0.2) is 29.0 Å². The maximum Gasteiger partial charge on any atom is 0.349 e. The van der Waals surface area contributed by atoms with Gasteiger partial charge in [-0.25, -0.2) is 4.79 Å². The van der Waals surface area contributed by atoms with Gasteiger partial charge in [-0.15, -0.1) is 4.68 Å². The lowest BCUT2D eigenvalue weighted by molar-refractivity contribution is 0.578. The van der Waals surface area contributed by atoms with Crippen LogP contribution in [0.25, 0.3) is 10.9 Å². The SMILES string of the molecule is Cc1cc(N2CCCCC2)ccc1C=Nn1c(=O)[nH]c2ccccc2c1=O. The van der Waals surface area contributed by atoms with Gasteiger partial charge < -0.3 is 9.88 Å². The Morgan fingerprint density at radius 1 is 1.04 bits per heavy atom. The summed E-state index contributed by atoms with van der Waals surface area (Å²) in [6.45, 7) is 4.20. The molecule has 3 aromatic rings. The molecule has 1 saturated heterocycles. The van der Waals surface area contributed by atoms with Gasteiger partial charge in [0.2, 0.25) is 0 Å². The Balaban J connectivity index is 1.66. The van der Waals surface area contributed by atoms with E-state index in [4.69, 9.17) is 0 Å². The van der Waals surface area contributed by atoms with Gasteiger partial charge >= 0.3 is 5.69 Å². The van der Waals surface area contributed by atoms with Gasteiger partial charge in [0.25, 0.3) is 5.56 Å². The smallest absolute Gasteiger partial charge is 0.349 e. The number of anilines is 1. The molecule has 0 radical (unpaired) electrons. The number of benzene rings is 2. The van der Waals surface area contributed by atoms with Crippen LogP contribution in [0.1, 0.15) is 30.4 Å². The summed E-state index contributed by atoms with van der Waals surface area (Å²) in [5, 5.41) is 4.59. The molecule has 1 fully saturated rings. The number of nitrogens with one attached hydrogen (secondary N) is 1. The van der Waals surface area contributed by atoms with E-state index in [2.05, 4.69) is 27.1 Å². The first-order valence-electron chi connectivity index (χ1n) is 9.27. The fourth-order valence-corrected chi connectivity index (χ4v) is 3.53. The summed E-state index contributed by atoms with van der Waals surface area (Å²) < 4.78 is 0.875. The maximum atomic E-state index is 12.5. The van der Waals surface area contributed by atoms with E-state index in [1.165, 1.54) is 24.9 Å². The summed E-state index contributed by atoms with van der Waals surface area (Å²) in [6, 6.07) is 13.1. The normalized spacial score (nSPS) is 14.9. The van der Waals surface area contributed by atoms with Crippen molar-refractivity contribution in [1.29, 1.82) is 0 Å². The van der Waals surface area contributed by atoms with Crippen molar-refractivity contribution in [2.75, 3.05) is 18.0 Å². The van der Waals surface area contributed by atoms with Crippen molar-refractivity contribution in [3.63, 3.8) is 0 Å². The van der Waals surface area contributed by atoms with Crippen LogP contribution in [0.4, 0.5) is 5.69 Å². The quantitative estimate of drug-likeness (QED) is 0.729. The second-order valence-electron chi connectivity index (χ2n) is 6.93. The number of aromatic amines is 1. The summed E-state index contributed by atoms with van der Waals surface area (Å²) in [6.07, 6.45) is 5.34. The number of para-hydroxylation sites is 1. The summed E-state index contributed by atoms with van der Waals surface area (Å²) in [5.74, 6) is 0. The van der Waals surface area contributed by atoms with E-state index in [9.17, 15) is 9.59 Å². The molecule has 0 amide bonds. The fraction of sp³-hybridized carbons (Fsp3) is 0.286. The molecule has 1 N–H and O–H groups in total. The highest BCUT2D eigenvalue weighted by Gasteiger charge is 2.11. The first kappa shape index (κ1) is 17.3. The lowest BCUT2D eigenvalue weighted by Crippen LogP contribution is -2.32. The average molecular weight is 362 g/mol. The van der Waals surface area contributed by atoms with Crippen molar-refractivity contribution in [2.45, 2.75) is 26.2 Å². The Morgan fingerprint density at radius 2 is 1.81 bits per heavy atom. The lowest BCUT2D eigenvalue weighted by Gasteiger charge is -2.29. The topological polar surface area (TPSA) is 70.5 Å². The lowest BCUT2D eigenvalue weighted by atomic mass is 10.1. The van der Waals surface area contributed by atoms with Crippen LogP contribution in [0.5, 0.6) is 0 Å². The summed E-state index contributed by atoms with van der Waals surface area (Å²) in [4.78, 5) is 29.8. The van der Waals surface area contributed by atoms with Gasteiger partial charge in [-0.2, -0.15) is 5.10 Å². The van der Waals surface area contributed by atoms with Gasteiger partial charge in [0.15, 0.2) is 0 Å². The van der Waals surface area contributed by atoms with Crippen LogP contribution in [-0.2, 0) is 0 Å². The molecule has 2 aromatic carbocycles. The third kappa shape index (κ3) is 3.43. The standard InChI is InChI=1S/C21H22N4O2/c1-15-13-17(24-11-5-2-6-12-24)10-9-16(15)14-22-25-20(26)18-7-3-4-8-19(18)23-21(25)27/h3-4,7-10,13-14H,2,5-6,11-12H2,1H3,(H,23,27). The van der Waals surface area contributed by atoms with E-state index in [0.717, 1.165) is 28.9 Å². The number of aromatic nitrogens is 2. The minimum absolute atomic E-state index is 0.423. The number of rotatable bonds is 3. The monoisotopic (exact) mass is 362 g/mol. The van der Waals surface area contributed by atoms with Crippen molar-refractivity contribution in [3.8, 4) is 0 Å². The average Bonchev–Trinajstić information content (AvgIpc) is 2.69. The molecule has 27 heavy (non-hydrogen) atoms. The van der Waals surface area contributed by atoms with E-state index in [-0.39, 0.29) is 0 Å². The van der Waals surface area contributed by atoms with Gasteiger partial charge in [0.1, 0.15) is 0 Å². The zero-order valence-corrected chi connectivity index (χ0v) is 15.3. The number of hydrogen-bond donors (Lipinski definition) is 1. The van der Waals surface area contributed by atoms with E-state index < -0.39 is 11.2 Å². The third-order valence-electron chi connectivity index (χ3n) is 5.07. The molecule has 0 unspecified atom stereocenters. The maximum absolute atomic E-state index is 12.5. The van der Waals surface area contributed by atoms with Gasteiger partial charge in [0, 0.05) is 18.8 Å². The van der Waals surface area contributed by atoms with Crippen molar-refractivity contribution in [1.82, 2.24) is 9.66 Å². The Kier molecular flexibility index (Phi) is 4.62. The van der Waals surface area contributed by atoms with Gasteiger partial charge in [-0.05, 0) is 61.6 Å². The molecule has 0 aliphatic carbocycles. The van der Waals surface area contributed by atoms with Crippen LogP contribution in [0.3, 0.4) is 0 Å². The predicted molar refractivity (Wildman–Crippen MR) is 109 cm³/mol. The largest absolute Gasteiger partial charge is 0.372 e. The highest BCUT2D eigenvalue weighted by molar-refractivity contribution is 5.83. The zero-order valence-electron chi connectivity index (χ0n) is 15.3. The molecule has 2 heterocycles. The molecule has 1 aromatic heterocycles. The van der Waals surface area contributed by atoms with Crippen molar-refractivity contribution >= 4 is 22.8 Å². The first-order chi connectivity index (χ1) is 13.1. The van der Waals surface area contributed by atoms with Crippen LogP contribution >= 0.6 is 0 Å². The summed E-state index contributed by atoms with van der Waals surface area (Å²) in [5.41, 5.74) is 2.71. The number of hydrogen-bond acceptors (Lipinski definition) is 4. The molecule has 0 saturated carbocycles. The fourth-order valence-electron chi connectivity index (χ4n) is 3.53. The molecule has 6 heteroatoms. The Bertz CT molecular complexity index is 1120. The Hall–Kier alpha value is -3.15. The number of aryl methyl sites for hydroxylation is 1. The number of fused-ring (bicyclic) bond motifs is 1. The molecule has 1 aliphatic rings. The molecule has 1 aliphatic heterocycles. The minimum atomic E-state index is -0.544. The highest BCUT2D eigenvalue weighted by atomic mass is 16.2. The van der Waals surface area contributed by atoms with Gasteiger partial charge in [-0.3, -0.25) is 4.79 Å². The molecule has 138 valence electrons. The second kappa shape index (κ2) is 7.23. The minimum Gasteiger partial charge on any atom is -0.372 e. The first-order valence-corrected chi connectivity index (χ1v) is 9.27. The van der Waals surface area contributed by atoms with E-state index in [1.807, 2.05) is 13.0 Å². The Morgan fingerprint density at radius 3 is 2.59 bits per heavy atom. The van der Waals surface area contributed by atoms with Crippen LogP contribution in [0.2, 0.25) is 0 Å². The van der Waals surface area contributed by atoms with Gasteiger partial charge in [0.05, 0.1) is 17.1 Å².